The van der Waals surface area contributed by atoms with Gasteiger partial charge < -0.3 is 9.88 Å². The summed E-state index contributed by atoms with van der Waals surface area (Å²) in [5.74, 6) is -0.0227. The fraction of sp³-hybridized carbons (Fsp3) is 0.400. The molecule has 0 aliphatic carbocycles. The van der Waals surface area contributed by atoms with Crippen molar-refractivity contribution in [2.45, 2.75) is 64.2 Å². The number of carbonyl (C=O) groups excluding carboxylic acids is 1. The van der Waals surface area contributed by atoms with E-state index >= 15 is 0 Å². The molecule has 3 aromatic rings. The molecular formula is C25H29F3N4O3S. The summed E-state index contributed by atoms with van der Waals surface area (Å²) in [6, 6.07) is 7.16. The van der Waals surface area contributed by atoms with Gasteiger partial charge in [-0.3, -0.25) is 9.78 Å². The molecule has 7 nitrogen and oxygen atoms in total. The summed E-state index contributed by atoms with van der Waals surface area (Å²) in [5.41, 5.74) is -0.127. The maximum atomic E-state index is 13.5. The van der Waals surface area contributed by atoms with Crippen LogP contribution in [0.3, 0.4) is 0 Å². The van der Waals surface area contributed by atoms with Gasteiger partial charge in [0.25, 0.3) is 5.91 Å². The predicted molar refractivity (Wildman–Crippen MR) is 129 cm³/mol. The number of aromatic nitrogens is 3. The van der Waals surface area contributed by atoms with Crippen LogP contribution in [0.4, 0.5) is 13.2 Å². The van der Waals surface area contributed by atoms with E-state index in [-0.39, 0.29) is 35.0 Å². The second kappa shape index (κ2) is 10.0. The monoisotopic (exact) mass is 522 g/mol. The van der Waals surface area contributed by atoms with E-state index in [4.69, 9.17) is 0 Å². The van der Waals surface area contributed by atoms with Crippen LogP contribution in [0, 0.1) is 6.92 Å². The molecular weight excluding hydrogens is 493 g/mol. The Morgan fingerprint density at radius 3 is 2.28 bits per heavy atom. The SMILES string of the molecule is CCS(=O)(=O)c1ccc(CNC(=O)c2nc(C(C)(C)C)n(Cc3cnccc3C(F)(F)F)c2C)cc1. The van der Waals surface area contributed by atoms with E-state index in [2.05, 4.69) is 15.3 Å². The number of rotatable bonds is 7. The lowest BCUT2D eigenvalue weighted by atomic mass is 9.95. The summed E-state index contributed by atoms with van der Waals surface area (Å²) >= 11 is 0. The Kier molecular flexibility index (Phi) is 7.64. The van der Waals surface area contributed by atoms with E-state index in [1.807, 2.05) is 20.8 Å². The number of pyridine rings is 1. The van der Waals surface area contributed by atoms with Crippen LogP contribution < -0.4 is 5.32 Å². The standard InChI is InChI=1S/C25H29F3N4O3S/c1-6-36(34,35)19-9-7-17(8-10-19)13-30-22(33)21-16(2)32(23(31-21)24(3,4)5)15-18-14-29-12-11-20(18)25(26,27)28/h7-12,14H,6,13,15H2,1-5H3,(H,30,33). The van der Waals surface area contributed by atoms with Gasteiger partial charge in [0.1, 0.15) is 11.5 Å². The van der Waals surface area contributed by atoms with Crippen LogP contribution >= 0.6 is 0 Å². The fourth-order valence-corrected chi connectivity index (χ4v) is 4.65. The van der Waals surface area contributed by atoms with E-state index in [0.29, 0.717) is 17.1 Å². The Morgan fingerprint density at radius 1 is 1.08 bits per heavy atom. The predicted octanol–water partition coefficient (Wildman–Crippen LogP) is 4.67. The van der Waals surface area contributed by atoms with Gasteiger partial charge in [0, 0.05) is 35.6 Å². The number of hydrogen-bond donors (Lipinski definition) is 1. The Hall–Kier alpha value is -3.21. The largest absolute Gasteiger partial charge is 0.416 e. The molecule has 194 valence electrons. The van der Waals surface area contributed by atoms with Gasteiger partial charge in [-0.15, -0.1) is 0 Å². The number of carbonyl (C=O) groups is 1. The van der Waals surface area contributed by atoms with Crippen molar-refractivity contribution in [2.24, 2.45) is 0 Å². The first-order chi connectivity index (χ1) is 16.6. The lowest BCUT2D eigenvalue weighted by Crippen LogP contribution is -2.24. The number of imidazole rings is 1. The van der Waals surface area contributed by atoms with Crippen LogP contribution in [-0.4, -0.2) is 34.6 Å². The molecule has 2 aromatic heterocycles. The molecule has 0 aliphatic heterocycles. The molecule has 0 aliphatic rings. The van der Waals surface area contributed by atoms with Crippen molar-refractivity contribution in [3.8, 4) is 0 Å². The van der Waals surface area contributed by atoms with Gasteiger partial charge in [-0.2, -0.15) is 13.2 Å². The number of hydrogen-bond acceptors (Lipinski definition) is 5. The smallest absolute Gasteiger partial charge is 0.347 e. The second-order valence-corrected chi connectivity index (χ2v) is 11.7. The van der Waals surface area contributed by atoms with Crippen LogP contribution in [-0.2, 0) is 34.5 Å². The minimum Gasteiger partial charge on any atom is -0.347 e. The molecule has 0 radical (unpaired) electrons. The highest BCUT2D eigenvalue weighted by atomic mass is 32.2. The molecule has 2 heterocycles. The maximum Gasteiger partial charge on any atom is 0.416 e. The van der Waals surface area contributed by atoms with Crippen molar-refractivity contribution >= 4 is 15.7 Å². The van der Waals surface area contributed by atoms with Crippen molar-refractivity contribution in [3.63, 3.8) is 0 Å². The number of nitrogens with one attached hydrogen (secondary N) is 1. The molecule has 3 rings (SSSR count). The number of nitrogens with zero attached hydrogens (tertiary/aromatic N) is 3. The molecule has 11 heteroatoms. The second-order valence-electron chi connectivity index (χ2n) is 9.47. The highest BCUT2D eigenvalue weighted by Crippen LogP contribution is 2.33. The average molecular weight is 523 g/mol. The van der Waals surface area contributed by atoms with E-state index in [1.54, 1.807) is 30.5 Å². The molecule has 0 unspecified atom stereocenters. The molecule has 0 fully saturated rings. The third kappa shape index (κ3) is 5.95. The maximum absolute atomic E-state index is 13.5. The average Bonchev–Trinajstić information content (AvgIpc) is 3.14. The lowest BCUT2D eigenvalue weighted by molar-refractivity contribution is -0.138. The number of sulfone groups is 1. The number of halogens is 3. The number of benzene rings is 1. The highest BCUT2D eigenvalue weighted by molar-refractivity contribution is 7.91. The third-order valence-electron chi connectivity index (χ3n) is 5.76. The topological polar surface area (TPSA) is 94.0 Å². The van der Waals surface area contributed by atoms with Gasteiger partial charge in [-0.25, -0.2) is 13.4 Å². The van der Waals surface area contributed by atoms with Gasteiger partial charge in [0.15, 0.2) is 9.84 Å². The lowest BCUT2D eigenvalue weighted by Gasteiger charge is -2.21. The summed E-state index contributed by atoms with van der Waals surface area (Å²) in [6.07, 6.45) is -2.27. The zero-order chi connectivity index (χ0) is 26.9. The molecule has 36 heavy (non-hydrogen) atoms. The zero-order valence-electron chi connectivity index (χ0n) is 20.8. The zero-order valence-corrected chi connectivity index (χ0v) is 21.6. The third-order valence-corrected chi connectivity index (χ3v) is 7.51. The van der Waals surface area contributed by atoms with E-state index in [0.717, 1.165) is 12.3 Å². The molecule has 0 spiro atoms. The molecule has 1 aromatic carbocycles. The summed E-state index contributed by atoms with van der Waals surface area (Å²) in [4.78, 5) is 21.6. The van der Waals surface area contributed by atoms with E-state index in [1.165, 1.54) is 18.3 Å². The molecule has 0 saturated carbocycles. The molecule has 1 N–H and O–H groups in total. The number of amides is 1. The first-order valence-electron chi connectivity index (χ1n) is 11.3. The Bertz CT molecular complexity index is 1360. The summed E-state index contributed by atoms with van der Waals surface area (Å²) in [7, 11) is -3.32. The summed E-state index contributed by atoms with van der Waals surface area (Å²) in [6.45, 7) is 8.80. The highest BCUT2D eigenvalue weighted by Gasteiger charge is 2.34. The summed E-state index contributed by atoms with van der Waals surface area (Å²) < 4.78 is 66.2. The van der Waals surface area contributed by atoms with Gasteiger partial charge in [0.05, 0.1) is 22.8 Å². The van der Waals surface area contributed by atoms with Crippen molar-refractivity contribution in [1.82, 2.24) is 19.9 Å². The van der Waals surface area contributed by atoms with Gasteiger partial charge in [-0.05, 0) is 30.7 Å². The Balaban J connectivity index is 1.88. The fourth-order valence-electron chi connectivity index (χ4n) is 3.76. The van der Waals surface area contributed by atoms with Crippen molar-refractivity contribution in [1.29, 1.82) is 0 Å². The molecule has 0 saturated heterocycles. The quantitative estimate of drug-likeness (QED) is 0.487. The van der Waals surface area contributed by atoms with Crippen molar-refractivity contribution < 1.29 is 26.4 Å². The van der Waals surface area contributed by atoms with E-state index < -0.39 is 32.9 Å². The van der Waals surface area contributed by atoms with Crippen LogP contribution in [0.25, 0.3) is 0 Å². The summed E-state index contributed by atoms with van der Waals surface area (Å²) in [5, 5.41) is 2.76. The van der Waals surface area contributed by atoms with Crippen LogP contribution in [0.15, 0.2) is 47.6 Å². The Labute approximate surface area is 208 Å². The van der Waals surface area contributed by atoms with Gasteiger partial charge in [-0.1, -0.05) is 39.8 Å². The van der Waals surface area contributed by atoms with Crippen molar-refractivity contribution in [3.05, 3.63) is 76.6 Å². The van der Waals surface area contributed by atoms with Gasteiger partial charge in [0.2, 0.25) is 0 Å². The van der Waals surface area contributed by atoms with Crippen LogP contribution in [0.2, 0.25) is 0 Å². The normalized spacial score (nSPS) is 12.6. The minimum absolute atomic E-state index is 0.00929. The molecule has 0 bridgehead atoms. The first-order valence-corrected chi connectivity index (χ1v) is 13.0. The Morgan fingerprint density at radius 2 is 1.72 bits per heavy atom. The van der Waals surface area contributed by atoms with Crippen molar-refractivity contribution in [2.75, 3.05) is 5.75 Å². The molecule has 0 atom stereocenters. The first kappa shape index (κ1) is 27.4. The van der Waals surface area contributed by atoms with Gasteiger partial charge >= 0.3 is 6.18 Å². The van der Waals surface area contributed by atoms with Crippen LogP contribution in [0.5, 0.6) is 0 Å². The number of alkyl halides is 3. The molecule has 1 amide bonds. The van der Waals surface area contributed by atoms with E-state index in [9.17, 15) is 26.4 Å². The minimum atomic E-state index is -4.54. The van der Waals surface area contributed by atoms with Crippen LogP contribution in [0.1, 0.15) is 66.4 Å².